The van der Waals surface area contributed by atoms with Crippen molar-refractivity contribution in [1.29, 1.82) is 0 Å². The van der Waals surface area contributed by atoms with Crippen LogP contribution < -0.4 is 10.6 Å². The van der Waals surface area contributed by atoms with Crippen LogP contribution in [0.3, 0.4) is 0 Å². The predicted octanol–water partition coefficient (Wildman–Crippen LogP) is 2.02. The Balaban J connectivity index is 4.13. The highest BCUT2D eigenvalue weighted by molar-refractivity contribution is 7.98. The van der Waals surface area contributed by atoms with E-state index in [2.05, 4.69) is 23.8 Å². The molecule has 2 atom stereocenters. The lowest BCUT2D eigenvalue weighted by Gasteiger charge is -2.26. The van der Waals surface area contributed by atoms with Gasteiger partial charge in [-0.05, 0) is 40.4 Å². The summed E-state index contributed by atoms with van der Waals surface area (Å²) in [4.78, 5) is 11.8. The van der Waals surface area contributed by atoms with E-state index in [1.807, 2.05) is 27.7 Å². The summed E-state index contributed by atoms with van der Waals surface area (Å²) in [7, 11) is 0. The van der Waals surface area contributed by atoms with Gasteiger partial charge >= 0.3 is 0 Å². The lowest BCUT2D eigenvalue weighted by atomic mass is 10.1. The lowest BCUT2D eigenvalue weighted by molar-refractivity contribution is -0.124. The fourth-order valence-corrected chi connectivity index (χ4v) is 2.13. The molecule has 0 fully saturated rings. The third-order valence-electron chi connectivity index (χ3n) is 2.24. The monoisotopic (exact) mass is 246 g/mol. The van der Waals surface area contributed by atoms with Gasteiger partial charge in [0.25, 0.3) is 0 Å². The Kier molecular flexibility index (Phi) is 7.07. The first-order valence-electron chi connectivity index (χ1n) is 5.87. The van der Waals surface area contributed by atoms with Crippen LogP contribution in [0.25, 0.3) is 0 Å². The second kappa shape index (κ2) is 7.17. The molecular weight excluding hydrogens is 220 g/mol. The zero-order valence-electron chi connectivity index (χ0n) is 11.4. The molecular formula is C12H26N2OS. The van der Waals surface area contributed by atoms with Gasteiger partial charge in [0.05, 0.1) is 6.04 Å². The predicted molar refractivity (Wildman–Crippen MR) is 73.0 cm³/mol. The summed E-state index contributed by atoms with van der Waals surface area (Å²) in [6, 6.07) is 0.284. The molecule has 0 aliphatic rings. The molecule has 2 N–H and O–H groups in total. The molecule has 2 unspecified atom stereocenters. The van der Waals surface area contributed by atoms with E-state index in [1.54, 1.807) is 11.8 Å². The highest BCUT2D eigenvalue weighted by Gasteiger charge is 2.20. The van der Waals surface area contributed by atoms with E-state index in [-0.39, 0.29) is 17.5 Å². The van der Waals surface area contributed by atoms with Crippen molar-refractivity contribution in [2.75, 3.05) is 12.0 Å². The van der Waals surface area contributed by atoms with Gasteiger partial charge in [-0.25, -0.2) is 0 Å². The molecule has 0 spiro atoms. The quantitative estimate of drug-likeness (QED) is 0.753. The summed E-state index contributed by atoms with van der Waals surface area (Å²) in [5.41, 5.74) is -0.158. The Morgan fingerprint density at radius 3 is 2.31 bits per heavy atom. The number of hydrogen-bond donors (Lipinski definition) is 2. The molecule has 0 radical (unpaired) electrons. The molecule has 3 nitrogen and oxygen atoms in total. The van der Waals surface area contributed by atoms with Crippen molar-refractivity contribution in [3.05, 3.63) is 0 Å². The first kappa shape index (κ1) is 15.8. The van der Waals surface area contributed by atoms with Gasteiger partial charge in [-0.15, -0.1) is 0 Å². The highest BCUT2D eigenvalue weighted by Crippen LogP contribution is 2.04. The number of carbonyl (C=O) groups is 1. The summed E-state index contributed by atoms with van der Waals surface area (Å²) in [6.45, 7) is 10.1. The Morgan fingerprint density at radius 1 is 1.38 bits per heavy atom. The summed E-state index contributed by atoms with van der Waals surface area (Å²) < 4.78 is 0. The van der Waals surface area contributed by atoms with E-state index in [0.29, 0.717) is 6.04 Å². The number of rotatable bonds is 6. The van der Waals surface area contributed by atoms with E-state index >= 15 is 0 Å². The van der Waals surface area contributed by atoms with Crippen LogP contribution in [0.1, 0.15) is 41.0 Å². The van der Waals surface area contributed by atoms with Crippen molar-refractivity contribution >= 4 is 17.7 Å². The number of amides is 1. The third kappa shape index (κ3) is 7.12. The van der Waals surface area contributed by atoms with Crippen LogP contribution in [0.4, 0.5) is 0 Å². The summed E-state index contributed by atoms with van der Waals surface area (Å²) in [5.74, 6) is 1.12. The third-order valence-corrected chi connectivity index (χ3v) is 2.97. The molecule has 0 aromatic carbocycles. The van der Waals surface area contributed by atoms with Gasteiger partial charge < -0.3 is 10.6 Å². The van der Waals surface area contributed by atoms with Gasteiger partial charge in [0.15, 0.2) is 0 Å². The van der Waals surface area contributed by atoms with Crippen LogP contribution >= 0.6 is 11.8 Å². The van der Waals surface area contributed by atoms with Gasteiger partial charge in [0.1, 0.15) is 0 Å². The van der Waals surface area contributed by atoms with Crippen LogP contribution in [0.2, 0.25) is 0 Å². The van der Waals surface area contributed by atoms with Gasteiger partial charge in [-0.2, -0.15) is 11.8 Å². The maximum atomic E-state index is 11.8. The highest BCUT2D eigenvalue weighted by atomic mass is 32.2. The van der Waals surface area contributed by atoms with Crippen molar-refractivity contribution in [2.24, 2.45) is 0 Å². The van der Waals surface area contributed by atoms with Gasteiger partial charge in [0.2, 0.25) is 5.91 Å². The molecule has 0 aliphatic carbocycles. The van der Waals surface area contributed by atoms with Crippen LogP contribution in [-0.2, 0) is 4.79 Å². The standard InChI is InChI=1S/C12H26N2OS/c1-7-10(8-16-6)13-9(2)11(15)14-12(3,4)5/h9-10,13H,7-8H2,1-6H3,(H,14,15). The minimum atomic E-state index is -0.158. The molecule has 0 rings (SSSR count). The summed E-state index contributed by atoms with van der Waals surface area (Å²) in [5, 5.41) is 6.34. The SMILES string of the molecule is CCC(CSC)NC(C)C(=O)NC(C)(C)C. The Morgan fingerprint density at radius 2 is 1.94 bits per heavy atom. The zero-order valence-corrected chi connectivity index (χ0v) is 12.2. The van der Waals surface area contributed by atoms with Crippen LogP contribution in [-0.4, -0.2) is 35.5 Å². The molecule has 0 aromatic rings. The molecule has 0 saturated heterocycles. The normalized spacial score (nSPS) is 15.6. The van der Waals surface area contributed by atoms with E-state index in [0.717, 1.165) is 12.2 Å². The smallest absolute Gasteiger partial charge is 0.237 e. The number of thioether (sulfide) groups is 1. The number of carbonyl (C=O) groups excluding carboxylic acids is 1. The number of hydrogen-bond acceptors (Lipinski definition) is 3. The molecule has 0 saturated carbocycles. The van der Waals surface area contributed by atoms with E-state index in [1.165, 1.54) is 0 Å². The molecule has 0 bridgehead atoms. The second-order valence-corrected chi connectivity index (χ2v) is 6.10. The average Bonchev–Trinajstić information content (AvgIpc) is 2.14. The maximum absolute atomic E-state index is 11.8. The average molecular weight is 246 g/mol. The first-order valence-corrected chi connectivity index (χ1v) is 7.26. The van der Waals surface area contributed by atoms with E-state index < -0.39 is 0 Å². The fourth-order valence-electron chi connectivity index (χ4n) is 1.39. The van der Waals surface area contributed by atoms with Crippen molar-refractivity contribution in [1.82, 2.24) is 10.6 Å². The molecule has 0 aliphatic heterocycles. The second-order valence-electron chi connectivity index (χ2n) is 5.19. The maximum Gasteiger partial charge on any atom is 0.237 e. The molecule has 4 heteroatoms. The van der Waals surface area contributed by atoms with Crippen molar-refractivity contribution in [3.8, 4) is 0 Å². The molecule has 0 aromatic heterocycles. The van der Waals surface area contributed by atoms with Crippen molar-refractivity contribution in [3.63, 3.8) is 0 Å². The summed E-state index contributed by atoms with van der Waals surface area (Å²) >= 11 is 1.81. The molecule has 16 heavy (non-hydrogen) atoms. The van der Waals surface area contributed by atoms with Gasteiger partial charge in [0, 0.05) is 17.3 Å². The van der Waals surface area contributed by atoms with Crippen LogP contribution in [0, 0.1) is 0 Å². The topological polar surface area (TPSA) is 41.1 Å². The zero-order chi connectivity index (χ0) is 12.8. The van der Waals surface area contributed by atoms with Crippen molar-refractivity contribution < 1.29 is 4.79 Å². The molecule has 0 heterocycles. The first-order chi connectivity index (χ1) is 7.30. The fraction of sp³-hybridized carbons (Fsp3) is 0.917. The minimum Gasteiger partial charge on any atom is -0.350 e. The molecule has 96 valence electrons. The minimum absolute atomic E-state index is 0.0760. The molecule has 1 amide bonds. The van der Waals surface area contributed by atoms with Crippen molar-refractivity contribution in [2.45, 2.75) is 58.7 Å². The van der Waals surface area contributed by atoms with E-state index in [9.17, 15) is 4.79 Å². The Hall–Kier alpha value is -0.220. The van der Waals surface area contributed by atoms with Gasteiger partial charge in [-0.3, -0.25) is 4.79 Å². The van der Waals surface area contributed by atoms with Gasteiger partial charge in [-0.1, -0.05) is 6.92 Å². The van der Waals surface area contributed by atoms with Crippen LogP contribution in [0.5, 0.6) is 0 Å². The number of nitrogens with one attached hydrogen (secondary N) is 2. The lowest BCUT2D eigenvalue weighted by Crippen LogP contribution is -2.52. The summed E-state index contributed by atoms with van der Waals surface area (Å²) in [6.07, 6.45) is 3.14. The largest absolute Gasteiger partial charge is 0.350 e. The van der Waals surface area contributed by atoms with E-state index in [4.69, 9.17) is 0 Å². The Labute approximate surface area is 104 Å². The van der Waals surface area contributed by atoms with Crippen LogP contribution in [0.15, 0.2) is 0 Å². The Bertz CT molecular complexity index is 214.